The number of aryl methyl sites for hydroxylation is 1. The van der Waals surface area contributed by atoms with E-state index in [-0.39, 0.29) is 131 Å². The highest BCUT2D eigenvalue weighted by atomic mass is 19.4. The summed E-state index contributed by atoms with van der Waals surface area (Å²) in [5.74, 6) is -2.39. The Labute approximate surface area is 788 Å². The average Bonchev–Trinajstić information content (AvgIpc) is 0.979. The SMILES string of the molecule is CCOc1cc(N2CCC(C(=O)NCc3ccc(-n4c(O)nnc4-c4cc(CCC(c5ccc(N(C(=N)c6cc(C(C)C)c(O)cc6O)C(N)=O)cc5C(F)(F)F)N5CCN(C6CCN(C(=O)C7CCN(c8ccc(Nc9ncc%10c(n9)N(C)c9ccccc9C(=O)N%10C)c(OCC)c8)CC7)CC6)CC5)c(O)cc4O)cc3F)CC2)ccc1Nc1ncc2c(n1)N(C)c1ccccc1C(=O)N2C. The van der Waals surface area contributed by atoms with Crippen LogP contribution in [-0.4, -0.2) is 223 Å². The molecule has 1 unspecified atom stereocenters. The van der Waals surface area contributed by atoms with Crippen molar-refractivity contribution in [3.05, 3.63) is 208 Å². The number of anilines is 13. The predicted octanol–water partition coefficient (Wildman–Crippen LogP) is 15.0. The van der Waals surface area contributed by atoms with Gasteiger partial charge in [0.1, 0.15) is 57.5 Å². The van der Waals surface area contributed by atoms with Crippen molar-refractivity contribution in [2.24, 2.45) is 17.6 Å². The second kappa shape index (κ2) is 39.1. The highest BCUT2D eigenvalue weighted by Gasteiger charge is 2.42. The molecule has 4 fully saturated rings. The number of phenolic OH excluding ortho intramolecular Hbond substituents is 4. The number of rotatable bonds is 25. The lowest BCUT2D eigenvalue weighted by molar-refractivity contribution is -0.139. The molecule has 17 rings (SSSR count). The summed E-state index contributed by atoms with van der Waals surface area (Å²) in [7, 11) is 7.09. The van der Waals surface area contributed by atoms with E-state index in [1.807, 2.05) is 120 Å². The molecule has 34 nitrogen and oxygen atoms in total. The first-order valence-corrected chi connectivity index (χ1v) is 45.8. The molecule has 714 valence electrons. The lowest BCUT2D eigenvalue weighted by Gasteiger charge is -2.45. The number of amides is 6. The number of piperazine rings is 1. The molecule has 38 heteroatoms. The van der Waals surface area contributed by atoms with Crippen molar-refractivity contribution in [3.8, 4) is 57.6 Å². The smallest absolute Gasteiger partial charge is 0.416 e. The fourth-order valence-corrected chi connectivity index (χ4v) is 19.5. The first-order chi connectivity index (χ1) is 65.8. The number of phenols is 4. The zero-order valence-corrected chi connectivity index (χ0v) is 77.0. The van der Waals surface area contributed by atoms with Crippen molar-refractivity contribution in [1.82, 2.24) is 54.7 Å². The lowest BCUT2D eigenvalue weighted by atomic mass is 9.91. The van der Waals surface area contributed by atoms with Crippen LogP contribution in [0.3, 0.4) is 0 Å². The van der Waals surface area contributed by atoms with Crippen LogP contribution in [0.15, 0.2) is 158 Å². The molecule has 0 aliphatic carbocycles. The number of likely N-dealkylation sites (tertiary alicyclic amines) is 1. The first kappa shape index (κ1) is 93.7. The Kier molecular flexibility index (Phi) is 26.7. The Morgan fingerprint density at radius 1 is 0.569 bits per heavy atom. The summed E-state index contributed by atoms with van der Waals surface area (Å²) in [5.41, 5.74) is 10.8. The van der Waals surface area contributed by atoms with Gasteiger partial charge >= 0.3 is 18.2 Å². The van der Waals surface area contributed by atoms with Gasteiger partial charge in [0.05, 0.1) is 87.5 Å². The van der Waals surface area contributed by atoms with Crippen LogP contribution >= 0.6 is 0 Å². The molecule has 11 aromatic rings. The van der Waals surface area contributed by atoms with Gasteiger partial charge in [-0.1, -0.05) is 55.3 Å². The van der Waals surface area contributed by atoms with Gasteiger partial charge in [-0.2, -0.15) is 23.1 Å². The van der Waals surface area contributed by atoms with E-state index in [0.29, 0.717) is 183 Å². The number of para-hydroxylation sites is 2. The molecule has 1 atom stereocenters. The molecule has 6 aliphatic rings. The minimum atomic E-state index is -5.11. The number of nitrogens with one attached hydrogen (secondary N) is 4. The molecule has 3 aromatic heterocycles. The maximum atomic E-state index is 16.5. The Morgan fingerprint density at radius 2 is 1.12 bits per heavy atom. The van der Waals surface area contributed by atoms with Crippen molar-refractivity contribution in [1.29, 1.82) is 5.41 Å². The summed E-state index contributed by atoms with van der Waals surface area (Å²) < 4.78 is 78.4. The number of carbonyl (C=O) groups is 5. The first-order valence-electron chi connectivity index (χ1n) is 45.8. The maximum absolute atomic E-state index is 16.5. The third-order valence-electron chi connectivity index (χ3n) is 26.9. The van der Waals surface area contributed by atoms with Gasteiger partial charge in [0.2, 0.25) is 23.7 Å². The number of halogens is 4. The number of nitrogens with zero attached hydrogens (tertiary/aromatic N) is 17. The number of ether oxygens (including phenoxy) is 2. The van der Waals surface area contributed by atoms with Gasteiger partial charge in [-0.05, 0) is 173 Å². The number of hydrogen-bond donors (Lipinski definition) is 10. The Morgan fingerprint density at radius 3 is 1.66 bits per heavy atom. The van der Waals surface area contributed by atoms with Gasteiger partial charge in [-0.15, -0.1) is 5.10 Å². The van der Waals surface area contributed by atoms with E-state index < -0.39 is 70.3 Å². The molecule has 6 amide bonds. The van der Waals surface area contributed by atoms with Gasteiger partial charge in [-0.25, -0.2) is 28.6 Å². The highest BCUT2D eigenvalue weighted by Crippen LogP contribution is 2.48. The normalized spacial score (nSPS) is 16.1. The summed E-state index contributed by atoms with van der Waals surface area (Å²) in [6.45, 7) is 12.4. The van der Waals surface area contributed by atoms with E-state index in [4.69, 9.17) is 25.2 Å². The fraction of sp³-hybridized carbons (Fsp3) is 0.354. The number of aromatic hydroxyl groups is 5. The van der Waals surface area contributed by atoms with Crippen LogP contribution in [0.1, 0.15) is 139 Å². The molecule has 0 spiro atoms. The molecule has 137 heavy (non-hydrogen) atoms. The maximum Gasteiger partial charge on any atom is 0.416 e. The van der Waals surface area contributed by atoms with Crippen LogP contribution in [0.4, 0.5) is 97.1 Å². The third kappa shape index (κ3) is 19.0. The summed E-state index contributed by atoms with van der Waals surface area (Å²) in [4.78, 5) is 105. The number of nitrogens with two attached hydrogens (primary N) is 1. The van der Waals surface area contributed by atoms with Crippen molar-refractivity contribution in [2.45, 2.75) is 110 Å². The van der Waals surface area contributed by atoms with E-state index >= 15 is 17.6 Å². The molecule has 4 saturated heterocycles. The van der Waals surface area contributed by atoms with Gasteiger partial charge in [0, 0.05) is 165 Å². The average molecular weight is 1870 g/mol. The Balaban J connectivity index is 0.547. The van der Waals surface area contributed by atoms with E-state index in [0.717, 1.165) is 40.2 Å². The lowest BCUT2D eigenvalue weighted by Crippen LogP contribution is -2.55. The summed E-state index contributed by atoms with van der Waals surface area (Å²) >= 11 is 0. The number of aromatic nitrogens is 7. The van der Waals surface area contributed by atoms with E-state index in [1.165, 1.54) is 41.3 Å². The number of urea groups is 1. The monoisotopic (exact) mass is 1870 g/mol. The molecule has 6 aliphatic heterocycles. The number of alkyl halides is 3. The largest absolute Gasteiger partial charge is 0.508 e. The highest BCUT2D eigenvalue weighted by molar-refractivity contribution is 6.22. The number of benzene rings is 8. The zero-order chi connectivity index (χ0) is 96.7. The minimum Gasteiger partial charge on any atom is -0.508 e. The number of hydrogen-bond acceptors (Lipinski definition) is 27. The summed E-state index contributed by atoms with van der Waals surface area (Å²) in [5, 5.41) is 83.2. The van der Waals surface area contributed by atoms with Crippen LogP contribution in [0.25, 0.3) is 17.1 Å². The summed E-state index contributed by atoms with van der Waals surface area (Å²) in [6, 6.07) is 34.9. The van der Waals surface area contributed by atoms with Crippen molar-refractivity contribution in [2.75, 3.05) is 152 Å². The minimum absolute atomic E-state index is 0.00145. The van der Waals surface area contributed by atoms with E-state index in [2.05, 4.69) is 50.8 Å². The molecule has 11 N–H and O–H groups in total. The number of amidine groups is 1. The number of carbonyl (C=O) groups excluding carboxylic acids is 5. The van der Waals surface area contributed by atoms with Gasteiger partial charge in [0.25, 0.3) is 11.8 Å². The number of piperidine rings is 3. The zero-order valence-electron chi connectivity index (χ0n) is 77.0. The molecule has 0 saturated carbocycles. The van der Waals surface area contributed by atoms with Crippen molar-refractivity contribution >= 4 is 110 Å². The topological polar surface area (TPSA) is 406 Å². The van der Waals surface area contributed by atoms with E-state index in [1.54, 1.807) is 57.4 Å². The van der Waals surface area contributed by atoms with Gasteiger partial charge < -0.3 is 91.0 Å². The molecular formula is C99H108F4N22O12. The van der Waals surface area contributed by atoms with E-state index in [9.17, 15) is 54.9 Å². The quantitative estimate of drug-likeness (QED) is 0.0144. The standard InChI is InChI=1S/C99H108F4N22O12/c1-9-136-85-48-62(23-26-74(85)109-96-107-54-79-89(111-96)115(5)76-17-13-11-15-67(76)93(132)117(79)7)119-35-29-57(30-36-119)91(130)106-53-60-19-21-65(47-73(60)100)125-88(113-114-98(125)135)71-45-59(81(126)51-84(71)129)20-28-78(66-25-22-64(46-72(66)99(101,102)103)124(95(105)134)87(104)70-50-69(56(3)4)82(127)52-83(70)128)122-43-41-121(42-44-122)61-33-39-123(40-34-61)92(131)58-31-37-120(38-32-58)63-24-27-75(86(49-63)137-10-2)110-97-108-55-80-90(112-97)116(6)77-18-14-12-16-68(77)94(133)118(80)8/h11-19,21-27,45-52,54-58,61,78,104,126-129H,9-10,20,28-44,53H2,1-8H3,(H2,105,134)(H,106,130)(H,114,135)(H,107,109,111)(H,108,110,112). The second-order valence-electron chi connectivity index (χ2n) is 35.4. The van der Waals surface area contributed by atoms with Crippen LogP contribution in [0.2, 0.25) is 0 Å². The van der Waals surface area contributed by atoms with Gasteiger partial charge in [0.15, 0.2) is 17.5 Å². The van der Waals surface area contributed by atoms with Crippen LogP contribution < -0.4 is 65.5 Å². The Hall–Kier alpha value is -15.1. The fourth-order valence-electron chi connectivity index (χ4n) is 19.5. The predicted molar refractivity (Wildman–Crippen MR) is 512 cm³/mol. The van der Waals surface area contributed by atoms with Crippen molar-refractivity contribution < 1.29 is 76.5 Å². The number of primary amides is 1. The molecular weight excluding hydrogens is 1770 g/mol. The van der Waals surface area contributed by atoms with Crippen LogP contribution in [0, 0.1) is 23.1 Å². The second-order valence-corrected chi connectivity index (χ2v) is 35.4. The van der Waals surface area contributed by atoms with Gasteiger partial charge in [-0.3, -0.25) is 34.4 Å². The molecule has 8 aromatic carbocycles. The molecule has 0 radical (unpaired) electrons. The van der Waals surface area contributed by atoms with Crippen LogP contribution in [-0.2, 0) is 28.7 Å². The summed E-state index contributed by atoms with van der Waals surface area (Å²) in [6.07, 6.45) is 1.37. The van der Waals surface area contributed by atoms with Crippen molar-refractivity contribution in [3.63, 3.8) is 0 Å². The number of fused-ring (bicyclic) bond motifs is 4. The third-order valence-corrected chi connectivity index (χ3v) is 26.9. The Bertz CT molecular complexity index is 6470. The van der Waals surface area contributed by atoms with Crippen LogP contribution in [0.5, 0.6) is 40.5 Å². The molecule has 9 heterocycles. The molecule has 0 bridgehead atoms.